The Morgan fingerprint density at radius 2 is 1.93 bits per heavy atom. The first-order valence-electron chi connectivity index (χ1n) is 5.13. The number of aromatic nitrogens is 2. The van der Waals surface area contributed by atoms with Crippen LogP contribution in [0.15, 0.2) is 18.2 Å². The molecule has 1 aromatic carbocycles. The standard InChI is InChI=1S/C12H17N3/c1-12(2,3)11-8-6-5-7-9(13)10(8)15(4)14-11/h5-7H,13H2,1-4H3. The summed E-state index contributed by atoms with van der Waals surface area (Å²) in [6, 6.07) is 5.98. The minimum atomic E-state index is 0.0489. The van der Waals surface area contributed by atoms with Crippen LogP contribution in [0.25, 0.3) is 10.9 Å². The summed E-state index contributed by atoms with van der Waals surface area (Å²) >= 11 is 0. The highest BCUT2D eigenvalue weighted by Gasteiger charge is 2.21. The zero-order valence-corrected chi connectivity index (χ0v) is 9.70. The lowest BCUT2D eigenvalue weighted by molar-refractivity contribution is 0.558. The lowest BCUT2D eigenvalue weighted by Crippen LogP contribution is -2.12. The SMILES string of the molecule is Cn1nc(C(C)(C)C)c2cccc(N)c21. The van der Waals surface area contributed by atoms with Crippen molar-refractivity contribution in [2.24, 2.45) is 7.05 Å². The number of anilines is 1. The van der Waals surface area contributed by atoms with Crippen molar-refractivity contribution in [3.05, 3.63) is 23.9 Å². The summed E-state index contributed by atoms with van der Waals surface area (Å²) in [6.07, 6.45) is 0. The molecule has 2 aromatic rings. The minimum absolute atomic E-state index is 0.0489. The number of fused-ring (bicyclic) bond motifs is 1. The number of nitrogens with two attached hydrogens (primary N) is 1. The van der Waals surface area contributed by atoms with E-state index in [1.54, 1.807) is 0 Å². The van der Waals surface area contributed by atoms with Gasteiger partial charge in [-0.2, -0.15) is 5.10 Å². The smallest absolute Gasteiger partial charge is 0.0911 e. The Labute approximate surface area is 89.9 Å². The second-order valence-electron chi connectivity index (χ2n) is 4.97. The molecule has 0 radical (unpaired) electrons. The summed E-state index contributed by atoms with van der Waals surface area (Å²) in [5.74, 6) is 0. The monoisotopic (exact) mass is 203 g/mol. The van der Waals surface area contributed by atoms with Gasteiger partial charge in [0.2, 0.25) is 0 Å². The number of nitrogen functional groups attached to an aromatic ring is 1. The van der Waals surface area contributed by atoms with Gasteiger partial charge in [-0.1, -0.05) is 32.9 Å². The first kappa shape index (κ1) is 10.0. The predicted octanol–water partition coefficient (Wildman–Crippen LogP) is 2.45. The largest absolute Gasteiger partial charge is 0.397 e. The first-order chi connectivity index (χ1) is 6.91. The van der Waals surface area contributed by atoms with Gasteiger partial charge < -0.3 is 5.73 Å². The number of rotatable bonds is 0. The molecular weight excluding hydrogens is 186 g/mol. The van der Waals surface area contributed by atoms with E-state index in [1.807, 2.05) is 23.9 Å². The highest BCUT2D eigenvalue weighted by Crippen LogP contribution is 2.31. The number of benzene rings is 1. The molecular formula is C12H17N3. The van der Waals surface area contributed by atoms with Gasteiger partial charge in [-0.3, -0.25) is 4.68 Å². The summed E-state index contributed by atoms with van der Waals surface area (Å²) in [5, 5.41) is 5.72. The maximum atomic E-state index is 5.95. The van der Waals surface area contributed by atoms with Crippen LogP contribution in [-0.4, -0.2) is 9.78 Å². The molecule has 0 amide bonds. The average Bonchev–Trinajstić information content (AvgIpc) is 2.44. The molecule has 0 spiro atoms. The summed E-state index contributed by atoms with van der Waals surface area (Å²) in [7, 11) is 1.94. The Hall–Kier alpha value is -1.51. The van der Waals surface area contributed by atoms with Gasteiger partial charge in [-0.05, 0) is 6.07 Å². The van der Waals surface area contributed by atoms with E-state index in [0.29, 0.717) is 0 Å². The van der Waals surface area contributed by atoms with E-state index < -0.39 is 0 Å². The molecule has 80 valence electrons. The van der Waals surface area contributed by atoms with E-state index in [2.05, 4.69) is 31.9 Å². The highest BCUT2D eigenvalue weighted by molar-refractivity contribution is 5.92. The van der Waals surface area contributed by atoms with Gasteiger partial charge in [-0.15, -0.1) is 0 Å². The Morgan fingerprint density at radius 3 is 2.53 bits per heavy atom. The van der Waals surface area contributed by atoms with Gasteiger partial charge in [0, 0.05) is 17.8 Å². The van der Waals surface area contributed by atoms with Gasteiger partial charge in [0.1, 0.15) is 0 Å². The second kappa shape index (κ2) is 2.99. The molecule has 0 unspecified atom stereocenters. The zero-order valence-electron chi connectivity index (χ0n) is 9.70. The fourth-order valence-corrected chi connectivity index (χ4v) is 1.92. The van der Waals surface area contributed by atoms with Crippen molar-refractivity contribution in [2.75, 3.05) is 5.73 Å². The molecule has 0 saturated heterocycles. The zero-order chi connectivity index (χ0) is 11.2. The van der Waals surface area contributed by atoms with Crippen LogP contribution in [0.3, 0.4) is 0 Å². The van der Waals surface area contributed by atoms with Crippen LogP contribution in [0.1, 0.15) is 26.5 Å². The first-order valence-corrected chi connectivity index (χ1v) is 5.13. The Morgan fingerprint density at radius 1 is 1.27 bits per heavy atom. The van der Waals surface area contributed by atoms with E-state index in [0.717, 1.165) is 22.3 Å². The molecule has 1 aromatic heterocycles. The molecule has 0 bridgehead atoms. The molecule has 0 aliphatic rings. The molecule has 3 nitrogen and oxygen atoms in total. The summed E-state index contributed by atoms with van der Waals surface area (Å²) in [5.41, 5.74) is 8.93. The lowest BCUT2D eigenvalue weighted by atomic mass is 9.90. The van der Waals surface area contributed by atoms with E-state index >= 15 is 0 Å². The minimum Gasteiger partial charge on any atom is -0.397 e. The van der Waals surface area contributed by atoms with Crippen LogP contribution in [0.2, 0.25) is 0 Å². The Kier molecular flexibility index (Phi) is 2.00. The van der Waals surface area contributed by atoms with Crippen LogP contribution in [0.4, 0.5) is 5.69 Å². The number of aryl methyl sites for hydroxylation is 1. The second-order valence-corrected chi connectivity index (χ2v) is 4.97. The van der Waals surface area contributed by atoms with Crippen molar-refractivity contribution in [3.63, 3.8) is 0 Å². The van der Waals surface area contributed by atoms with Crippen molar-refractivity contribution in [3.8, 4) is 0 Å². The van der Waals surface area contributed by atoms with Gasteiger partial charge in [-0.25, -0.2) is 0 Å². The van der Waals surface area contributed by atoms with Crippen LogP contribution in [0.5, 0.6) is 0 Å². The van der Waals surface area contributed by atoms with Crippen LogP contribution in [-0.2, 0) is 12.5 Å². The third-order valence-corrected chi connectivity index (χ3v) is 2.61. The molecule has 0 aliphatic heterocycles. The molecule has 2 rings (SSSR count). The van der Waals surface area contributed by atoms with Crippen LogP contribution in [0, 0.1) is 0 Å². The highest BCUT2D eigenvalue weighted by atomic mass is 15.3. The van der Waals surface area contributed by atoms with Crippen molar-refractivity contribution < 1.29 is 0 Å². The number of para-hydroxylation sites is 1. The third kappa shape index (κ3) is 1.48. The molecule has 0 saturated carbocycles. The number of hydrogen-bond acceptors (Lipinski definition) is 2. The van der Waals surface area contributed by atoms with Gasteiger partial charge in [0.15, 0.2) is 0 Å². The molecule has 2 N–H and O–H groups in total. The quantitative estimate of drug-likeness (QED) is 0.668. The lowest BCUT2D eigenvalue weighted by Gasteiger charge is -2.15. The van der Waals surface area contributed by atoms with E-state index in [9.17, 15) is 0 Å². The number of hydrogen-bond donors (Lipinski definition) is 1. The number of nitrogens with zero attached hydrogens (tertiary/aromatic N) is 2. The molecule has 0 fully saturated rings. The van der Waals surface area contributed by atoms with Crippen LogP contribution >= 0.6 is 0 Å². The maximum absolute atomic E-state index is 5.95. The topological polar surface area (TPSA) is 43.8 Å². The van der Waals surface area contributed by atoms with Crippen LogP contribution < -0.4 is 5.73 Å². The Balaban J connectivity index is 2.85. The maximum Gasteiger partial charge on any atom is 0.0911 e. The molecule has 3 heteroatoms. The molecule has 1 heterocycles. The molecule has 0 atom stereocenters. The fourth-order valence-electron chi connectivity index (χ4n) is 1.92. The van der Waals surface area contributed by atoms with Gasteiger partial charge in [0.25, 0.3) is 0 Å². The van der Waals surface area contributed by atoms with E-state index in [-0.39, 0.29) is 5.41 Å². The summed E-state index contributed by atoms with van der Waals surface area (Å²) < 4.78 is 1.87. The van der Waals surface area contributed by atoms with Crippen molar-refractivity contribution in [1.82, 2.24) is 9.78 Å². The summed E-state index contributed by atoms with van der Waals surface area (Å²) in [4.78, 5) is 0. The Bertz CT molecular complexity index is 503. The molecule has 0 aliphatic carbocycles. The predicted molar refractivity (Wildman–Crippen MR) is 63.8 cm³/mol. The van der Waals surface area contributed by atoms with E-state index in [4.69, 9.17) is 5.73 Å². The average molecular weight is 203 g/mol. The fraction of sp³-hybridized carbons (Fsp3) is 0.417. The van der Waals surface area contributed by atoms with Gasteiger partial charge >= 0.3 is 0 Å². The summed E-state index contributed by atoms with van der Waals surface area (Å²) in [6.45, 7) is 6.49. The third-order valence-electron chi connectivity index (χ3n) is 2.61. The normalized spacial score (nSPS) is 12.3. The van der Waals surface area contributed by atoms with Crippen molar-refractivity contribution >= 4 is 16.6 Å². The van der Waals surface area contributed by atoms with Crippen molar-refractivity contribution in [2.45, 2.75) is 26.2 Å². The molecule has 15 heavy (non-hydrogen) atoms. The van der Waals surface area contributed by atoms with Gasteiger partial charge in [0.05, 0.1) is 16.9 Å². The van der Waals surface area contributed by atoms with E-state index in [1.165, 1.54) is 0 Å². The van der Waals surface area contributed by atoms with Crippen molar-refractivity contribution in [1.29, 1.82) is 0 Å².